The molecule has 3 aliphatic rings. The van der Waals surface area contributed by atoms with E-state index in [1.807, 2.05) is 0 Å². The summed E-state index contributed by atoms with van der Waals surface area (Å²) in [7, 11) is 0. The summed E-state index contributed by atoms with van der Waals surface area (Å²) in [6, 6.07) is 9.11. The normalized spacial score (nSPS) is 20.2. The van der Waals surface area contributed by atoms with Crippen molar-refractivity contribution in [3.63, 3.8) is 0 Å². The standard InChI is InChI=1S/C28H39N3O2/c1-21-8-2-3-9-23(21)16-19-30-17-14-22(15-18-30)20-31(24-10-4-5-11-24)28(32)27-25-12-6-7-13-26(25)29-33-27/h2-3,8-9,22,24H,4-7,10-20H2,1H3. The van der Waals surface area contributed by atoms with Crippen LogP contribution in [0.2, 0.25) is 0 Å². The van der Waals surface area contributed by atoms with Gasteiger partial charge >= 0.3 is 0 Å². The van der Waals surface area contributed by atoms with Crippen molar-refractivity contribution in [3.8, 4) is 0 Å². The van der Waals surface area contributed by atoms with Crippen molar-refractivity contribution in [2.45, 2.75) is 83.6 Å². The van der Waals surface area contributed by atoms with E-state index in [1.165, 1.54) is 36.8 Å². The molecule has 1 aromatic carbocycles. The molecule has 5 rings (SSSR count). The molecular weight excluding hydrogens is 410 g/mol. The summed E-state index contributed by atoms with van der Waals surface area (Å²) < 4.78 is 5.66. The molecule has 0 N–H and O–H groups in total. The second kappa shape index (κ2) is 10.4. The largest absolute Gasteiger partial charge is 0.350 e. The van der Waals surface area contributed by atoms with E-state index < -0.39 is 0 Å². The van der Waals surface area contributed by atoms with Crippen LogP contribution in [0.3, 0.4) is 0 Å². The van der Waals surface area contributed by atoms with E-state index >= 15 is 0 Å². The monoisotopic (exact) mass is 449 g/mol. The van der Waals surface area contributed by atoms with Crippen LogP contribution in [-0.2, 0) is 19.3 Å². The number of aryl methyl sites for hydroxylation is 2. The van der Waals surface area contributed by atoms with Crippen LogP contribution in [0.25, 0.3) is 0 Å². The highest BCUT2D eigenvalue weighted by Crippen LogP contribution is 2.31. The molecule has 0 unspecified atom stereocenters. The van der Waals surface area contributed by atoms with Crippen LogP contribution in [0.5, 0.6) is 0 Å². The van der Waals surface area contributed by atoms with E-state index in [2.05, 4.69) is 46.1 Å². The maximum Gasteiger partial charge on any atom is 0.293 e. The molecule has 0 radical (unpaired) electrons. The van der Waals surface area contributed by atoms with Gasteiger partial charge in [-0.05, 0) is 94.8 Å². The van der Waals surface area contributed by atoms with Crippen LogP contribution < -0.4 is 0 Å². The van der Waals surface area contributed by atoms with Gasteiger partial charge in [0.15, 0.2) is 0 Å². The van der Waals surface area contributed by atoms with Gasteiger partial charge in [-0.1, -0.05) is 42.3 Å². The molecule has 5 heteroatoms. The summed E-state index contributed by atoms with van der Waals surface area (Å²) in [4.78, 5) is 18.5. The summed E-state index contributed by atoms with van der Waals surface area (Å²) in [6.07, 6.45) is 12.4. The highest BCUT2D eigenvalue weighted by Gasteiger charge is 2.35. The molecule has 2 heterocycles. The first-order chi connectivity index (χ1) is 16.2. The van der Waals surface area contributed by atoms with Crippen LogP contribution in [-0.4, -0.2) is 53.1 Å². The topological polar surface area (TPSA) is 49.6 Å². The Balaban J connectivity index is 1.19. The van der Waals surface area contributed by atoms with E-state index in [0.29, 0.717) is 17.7 Å². The molecule has 1 amide bonds. The zero-order chi connectivity index (χ0) is 22.6. The van der Waals surface area contributed by atoms with Crippen molar-refractivity contribution >= 4 is 5.91 Å². The molecule has 5 nitrogen and oxygen atoms in total. The van der Waals surface area contributed by atoms with Crippen molar-refractivity contribution in [1.82, 2.24) is 15.0 Å². The van der Waals surface area contributed by atoms with Crippen molar-refractivity contribution in [2.75, 3.05) is 26.2 Å². The summed E-state index contributed by atoms with van der Waals surface area (Å²) in [5.41, 5.74) is 4.99. The Hall–Kier alpha value is -2.14. The van der Waals surface area contributed by atoms with Gasteiger partial charge in [0.25, 0.3) is 5.91 Å². The Morgan fingerprint density at radius 1 is 1.06 bits per heavy atom. The smallest absolute Gasteiger partial charge is 0.293 e. The Kier molecular flexibility index (Phi) is 7.15. The van der Waals surface area contributed by atoms with Gasteiger partial charge in [-0.2, -0.15) is 0 Å². The van der Waals surface area contributed by atoms with Crippen LogP contribution in [0, 0.1) is 12.8 Å². The highest BCUT2D eigenvalue weighted by molar-refractivity contribution is 5.93. The van der Waals surface area contributed by atoms with E-state index in [9.17, 15) is 4.79 Å². The number of amides is 1. The second-order valence-corrected chi connectivity index (χ2v) is 10.5. The van der Waals surface area contributed by atoms with E-state index in [0.717, 1.165) is 82.4 Å². The van der Waals surface area contributed by atoms with Crippen molar-refractivity contribution in [3.05, 3.63) is 52.4 Å². The first kappa shape index (κ1) is 22.6. The van der Waals surface area contributed by atoms with E-state index in [-0.39, 0.29) is 5.91 Å². The summed E-state index contributed by atoms with van der Waals surface area (Å²) in [6.45, 7) is 6.50. The summed E-state index contributed by atoms with van der Waals surface area (Å²) in [5, 5.41) is 4.27. The third kappa shape index (κ3) is 5.18. The number of carbonyl (C=O) groups is 1. The minimum atomic E-state index is 0.111. The number of hydrogen-bond donors (Lipinski definition) is 0. The lowest BCUT2D eigenvalue weighted by atomic mass is 9.93. The van der Waals surface area contributed by atoms with Gasteiger partial charge in [0, 0.05) is 24.7 Å². The average molecular weight is 450 g/mol. The number of piperidine rings is 1. The minimum absolute atomic E-state index is 0.111. The number of benzene rings is 1. The van der Waals surface area contributed by atoms with Gasteiger partial charge < -0.3 is 14.3 Å². The van der Waals surface area contributed by atoms with Gasteiger partial charge in [0.05, 0.1) is 5.69 Å². The van der Waals surface area contributed by atoms with Crippen LogP contribution in [0.4, 0.5) is 0 Å². The van der Waals surface area contributed by atoms with Gasteiger partial charge in [-0.25, -0.2) is 0 Å². The quantitative estimate of drug-likeness (QED) is 0.583. The first-order valence-corrected chi connectivity index (χ1v) is 13.2. The molecule has 1 saturated carbocycles. The number of carbonyl (C=O) groups excluding carboxylic acids is 1. The third-order valence-electron chi connectivity index (χ3n) is 8.30. The molecule has 33 heavy (non-hydrogen) atoms. The fourth-order valence-corrected chi connectivity index (χ4v) is 6.14. The Labute approximate surface area is 198 Å². The molecule has 0 spiro atoms. The number of fused-ring (bicyclic) bond motifs is 1. The van der Waals surface area contributed by atoms with Crippen LogP contribution in [0.1, 0.15) is 84.3 Å². The Morgan fingerprint density at radius 2 is 1.82 bits per heavy atom. The number of rotatable bonds is 7. The van der Waals surface area contributed by atoms with E-state index in [4.69, 9.17) is 4.52 Å². The van der Waals surface area contributed by atoms with Crippen molar-refractivity contribution in [2.24, 2.45) is 5.92 Å². The molecular formula is C28H39N3O2. The van der Waals surface area contributed by atoms with Crippen molar-refractivity contribution < 1.29 is 9.32 Å². The summed E-state index contributed by atoms with van der Waals surface area (Å²) in [5.74, 6) is 1.25. The Bertz CT molecular complexity index is 938. The average Bonchev–Trinajstić information content (AvgIpc) is 3.53. The van der Waals surface area contributed by atoms with Gasteiger partial charge in [0.1, 0.15) is 0 Å². The SMILES string of the molecule is Cc1ccccc1CCN1CCC(CN(C(=O)c2onc3c2CCCC3)C2CCCC2)CC1. The molecule has 178 valence electrons. The molecule has 1 aliphatic heterocycles. The lowest BCUT2D eigenvalue weighted by Crippen LogP contribution is -2.45. The highest BCUT2D eigenvalue weighted by atomic mass is 16.5. The van der Waals surface area contributed by atoms with Crippen LogP contribution in [0.15, 0.2) is 28.8 Å². The van der Waals surface area contributed by atoms with Gasteiger partial charge in [0.2, 0.25) is 5.76 Å². The predicted octanol–water partition coefficient (Wildman–Crippen LogP) is 5.20. The lowest BCUT2D eigenvalue weighted by Gasteiger charge is -2.37. The maximum absolute atomic E-state index is 13.7. The van der Waals surface area contributed by atoms with Gasteiger partial charge in [-0.3, -0.25) is 4.79 Å². The molecule has 2 aliphatic carbocycles. The third-order valence-corrected chi connectivity index (χ3v) is 8.30. The summed E-state index contributed by atoms with van der Waals surface area (Å²) >= 11 is 0. The maximum atomic E-state index is 13.7. The fourth-order valence-electron chi connectivity index (χ4n) is 6.14. The fraction of sp³-hybridized carbons (Fsp3) is 0.643. The molecule has 1 aromatic heterocycles. The number of nitrogens with zero attached hydrogens (tertiary/aromatic N) is 3. The Morgan fingerprint density at radius 3 is 2.61 bits per heavy atom. The minimum Gasteiger partial charge on any atom is -0.350 e. The number of aromatic nitrogens is 1. The number of hydrogen-bond acceptors (Lipinski definition) is 4. The zero-order valence-corrected chi connectivity index (χ0v) is 20.2. The van der Waals surface area contributed by atoms with Crippen molar-refractivity contribution in [1.29, 1.82) is 0 Å². The second-order valence-electron chi connectivity index (χ2n) is 10.5. The van der Waals surface area contributed by atoms with Crippen LogP contribution >= 0.6 is 0 Å². The van der Waals surface area contributed by atoms with E-state index in [1.54, 1.807) is 0 Å². The molecule has 1 saturated heterocycles. The molecule has 0 bridgehead atoms. The number of likely N-dealkylation sites (tertiary alicyclic amines) is 1. The predicted molar refractivity (Wildman–Crippen MR) is 130 cm³/mol. The van der Waals surface area contributed by atoms with Gasteiger partial charge in [-0.15, -0.1) is 0 Å². The first-order valence-electron chi connectivity index (χ1n) is 13.2. The molecule has 2 aromatic rings. The molecule has 2 fully saturated rings. The lowest BCUT2D eigenvalue weighted by molar-refractivity contribution is 0.0557. The zero-order valence-electron chi connectivity index (χ0n) is 20.2. The molecule has 0 atom stereocenters.